The van der Waals surface area contributed by atoms with Crippen molar-refractivity contribution in [2.75, 3.05) is 13.6 Å². The monoisotopic (exact) mass is 372 g/mol. The highest BCUT2D eigenvalue weighted by Crippen LogP contribution is 2.69. The third-order valence-corrected chi connectivity index (χ3v) is 10.7. The van der Waals surface area contributed by atoms with Gasteiger partial charge in [0, 0.05) is 25.6 Å². The molecule has 9 atom stereocenters. The van der Waals surface area contributed by atoms with E-state index >= 15 is 0 Å². The Kier molecular flexibility index (Phi) is 4.25. The summed E-state index contributed by atoms with van der Waals surface area (Å²) in [7, 11) is 2.38. The minimum atomic E-state index is 0.161. The van der Waals surface area contributed by atoms with Gasteiger partial charge in [-0.1, -0.05) is 6.92 Å². The normalized spacial score (nSPS) is 54.6. The molecule has 152 valence electrons. The van der Waals surface area contributed by atoms with Crippen molar-refractivity contribution in [1.29, 1.82) is 0 Å². The predicted octanol–water partition coefficient (Wildman–Crippen LogP) is 4.46. The van der Waals surface area contributed by atoms with E-state index in [4.69, 9.17) is 0 Å². The fourth-order valence-corrected chi connectivity index (χ4v) is 9.48. The molecule has 4 saturated carbocycles. The summed E-state index contributed by atoms with van der Waals surface area (Å²) < 4.78 is 0. The van der Waals surface area contributed by atoms with Gasteiger partial charge in [0.2, 0.25) is 5.91 Å². The zero-order chi connectivity index (χ0) is 19.0. The summed E-state index contributed by atoms with van der Waals surface area (Å²) in [6.07, 6.45) is 12.6. The Bertz CT molecular complexity index is 620. The van der Waals surface area contributed by atoms with Gasteiger partial charge in [-0.3, -0.25) is 4.79 Å². The van der Waals surface area contributed by atoms with Gasteiger partial charge in [0.05, 0.1) is 0 Å². The SMILES string of the molecule is CC(=O)NC1CCC2(C)C(CCC3C2CCC24CN(C)C(C)C2CCC34)C1. The van der Waals surface area contributed by atoms with Crippen LogP contribution < -0.4 is 5.32 Å². The second-order valence-corrected chi connectivity index (χ2v) is 11.4. The third kappa shape index (κ3) is 2.52. The van der Waals surface area contributed by atoms with Crippen LogP contribution >= 0.6 is 0 Å². The number of nitrogens with zero attached hydrogens (tertiary/aromatic N) is 1. The molecule has 0 aromatic carbocycles. The molecule has 1 spiro atoms. The van der Waals surface area contributed by atoms with Crippen LogP contribution in [0.25, 0.3) is 0 Å². The maximum absolute atomic E-state index is 11.5. The van der Waals surface area contributed by atoms with Crippen LogP contribution in [0.1, 0.15) is 78.6 Å². The summed E-state index contributed by atoms with van der Waals surface area (Å²) in [6, 6.07) is 1.24. The highest BCUT2D eigenvalue weighted by molar-refractivity contribution is 5.73. The molecule has 0 aromatic heterocycles. The van der Waals surface area contributed by atoms with Gasteiger partial charge in [0.25, 0.3) is 0 Å². The zero-order valence-electron chi connectivity index (χ0n) is 18.0. The van der Waals surface area contributed by atoms with Crippen LogP contribution in [0.4, 0.5) is 0 Å². The number of likely N-dealkylation sites (tertiary alicyclic amines) is 1. The van der Waals surface area contributed by atoms with E-state index in [-0.39, 0.29) is 5.91 Å². The van der Waals surface area contributed by atoms with Gasteiger partial charge in [-0.2, -0.15) is 0 Å². The lowest BCUT2D eigenvalue weighted by Gasteiger charge is -2.61. The van der Waals surface area contributed by atoms with Crippen LogP contribution in [0.5, 0.6) is 0 Å². The molecule has 3 heteroatoms. The highest BCUT2D eigenvalue weighted by Gasteiger charge is 2.64. The van der Waals surface area contributed by atoms with E-state index in [9.17, 15) is 4.79 Å². The lowest BCUT2D eigenvalue weighted by Crippen LogP contribution is -2.56. The van der Waals surface area contributed by atoms with Gasteiger partial charge in [0.15, 0.2) is 0 Å². The van der Waals surface area contributed by atoms with Gasteiger partial charge in [0.1, 0.15) is 0 Å². The van der Waals surface area contributed by atoms with E-state index in [1.165, 1.54) is 64.3 Å². The van der Waals surface area contributed by atoms with Gasteiger partial charge in [-0.25, -0.2) is 0 Å². The maximum Gasteiger partial charge on any atom is 0.217 e. The van der Waals surface area contributed by atoms with Crippen LogP contribution in [0.2, 0.25) is 0 Å². The van der Waals surface area contributed by atoms with Crippen LogP contribution in [-0.4, -0.2) is 36.5 Å². The molecule has 1 N–H and O–H groups in total. The van der Waals surface area contributed by atoms with E-state index in [2.05, 4.69) is 31.1 Å². The summed E-state index contributed by atoms with van der Waals surface area (Å²) in [5.74, 6) is 4.90. The Balaban J connectivity index is 1.37. The number of rotatable bonds is 1. The number of carbonyl (C=O) groups excluding carboxylic acids is 1. The molecule has 1 amide bonds. The maximum atomic E-state index is 11.5. The molecular weight excluding hydrogens is 332 g/mol. The number of carbonyl (C=O) groups is 1. The zero-order valence-corrected chi connectivity index (χ0v) is 18.0. The molecule has 0 radical (unpaired) electrons. The first-order chi connectivity index (χ1) is 12.8. The van der Waals surface area contributed by atoms with Crippen LogP contribution in [0, 0.1) is 40.4 Å². The van der Waals surface area contributed by atoms with Crippen molar-refractivity contribution in [3.63, 3.8) is 0 Å². The van der Waals surface area contributed by atoms with Crippen molar-refractivity contribution in [2.24, 2.45) is 40.4 Å². The first-order valence-corrected chi connectivity index (χ1v) is 11.8. The summed E-state index contributed by atoms with van der Waals surface area (Å²) in [5, 5.41) is 3.24. The van der Waals surface area contributed by atoms with Gasteiger partial charge in [-0.05, 0) is 112 Å². The molecule has 5 aliphatic rings. The van der Waals surface area contributed by atoms with Crippen molar-refractivity contribution in [3.05, 3.63) is 0 Å². The Morgan fingerprint density at radius 1 is 1.00 bits per heavy atom. The Hall–Kier alpha value is -0.570. The molecule has 9 unspecified atom stereocenters. The molecule has 1 aliphatic heterocycles. The van der Waals surface area contributed by atoms with Crippen LogP contribution in [-0.2, 0) is 4.79 Å². The van der Waals surface area contributed by atoms with Gasteiger partial charge in [-0.15, -0.1) is 0 Å². The molecule has 5 rings (SSSR count). The topological polar surface area (TPSA) is 32.3 Å². The highest BCUT2D eigenvalue weighted by atomic mass is 16.1. The fraction of sp³-hybridized carbons (Fsp3) is 0.958. The second-order valence-electron chi connectivity index (χ2n) is 11.4. The predicted molar refractivity (Wildman–Crippen MR) is 109 cm³/mol. The average molecular weight is 373 g/mol. The molecule has 1 heterocycles. The Labute approximate surface area is 166 Å². The number of nitrogens with one attached hydrogen (secondary N) is 1. The minimum absolute atomic E-state index is 0.161. The quantitative estimate of drug-likeness (QED) is 0.737. The van der Waals surface area contributed by atoms with Crippen LogP contribution in [0.3, 0.4) is 0 Å². The van der Waals surface area contributed by atoms with Gasteiger partial charge >= 0.3 is 0 Å². The third-order valence-electron chi connectivity index (χ3n) is 10.7. The first-order valence-electron chi connectivity index (χ1n) is 11.8. The number of hydrogen-bond acceptors (Lipinski definition) is 2. The Morgan fingerprint density at radius 2 is 1.78 bits per heavy atom. The molecule has 3 nitrogen and oxygen atoms in total. The molecule has 5 fully saturated rings. The van der Waals surface area contributed by atoms with E-state index in [0.717, 1.165) is 35.6 Å². The van der Waals surface area contributed by atoms with Crippen molar-refractivity contribution < 1.29 is 4.79 Å². The second kappa shape index (κ2) is 6.21. The molecule has 0 bridgehead atoms. The fourth-order valence-electron chi connectivity index (χ4n) is 9.48. The Morgan fingerprint density at radius 3 is 2.56 bits per heavy atom. The summed E-state index contributed by atoms with van der Waals surface area (Å²) in [4.78, 5) is 14.2. The summed E-state index contributed by atoms with van der Waals surface area (Å²) >= 11 is 0. The minimum Gasteiger partial charge on any atom is -0.354 e. The van der Waals surface area contributed by atoms with Crippen molar-refractivity contribution in [1.82, 2.24) is 10.2 Å². The lowest BCUT2D eigenvalue weighted by molar-refractivity contribution is -0.125. The van der Waals surface area contributed by atoms with Crippen molar-refractivity contribution >= 4 is 5.91 Å². The smallest absolute Gasteiger partial charge is 0.217 e. The largest absolute Gasteiger partial charge is 0.354 e. The molecule has 1 saturated heterocycles. The van der Waals surface area contributed by atoms with Gasteiger partial charge < -0.3 is 10.2 Å². The van der Waals surface area contributed by atoms with E-state index in [1.54, 1.807) is 6.92 Å². The van der Waals surface area contributed by atoms with Crippen molar-refractivity contribution in [3.8, 4) is 0 Å². The average Bonchev–Trinajstić information content (AvgIpc) is 3.09. The summed E-state index contributed by atoms with van der Waals surface area (Å²) in [5.41, 5.74) is 1.19. The van der Waals surface area contributed by atoms with E-state index in [1.807, 2.05) is 0 Å². The number of hydrogen-bond donors (Lipinski definition) is 1. The lowest BCUT2D eigenvalue weighted by atomic mass is 9.44. The number of fused-ring (bicyclic) bond motifs is 4. The van der Waals surface area contributed by atoms with Crippen molar-refractivity contribution in [2.45, 2.75) is 90.6 Å². The van der Waals surface area contributed by atoms with E-state index < -0.39 is 0 Å². The molecular formula is C24H40N2O. The molecule has 27 heavy (non-hydrogen) atoms. The first kappa shape index (κ1) is 18.5. The van der Waals surface area contributed by atoms with E-state index in [0.29, 0.717) is 16.9 Å². The molecule has 4 aliphatic carbocycles. The summed E-state index contributed by atoms with van der Waals surface area (Å²) in [6.45, 7) is 8.20. The van der Waals surface area contributed by atoms with Crippen LogP contribution in [0.15, 0.2) is 0 Å². The standard InChI is InChI=1S/C24H40N2O/c1-15-20-7-8-22-19-6-5-17-13-18(25-16(2)27)9-11-23(17,3)21(19)10-12-24(20,22)14-26(15)4/h15,17-22H,5-14H2,1-4H3,(H,25,27). The molecule has 0 aromatic rings. The number of amides is 1.